The maximum atomic E-state index is 4.85. The van der Waals surface area contributed by atoms with E-state index in [0.29, 0.717) is 0 Å². The number of imidazole rings is 1. The Balaban J connectivity index is 2.29. The third kappa shape index (κ3) is 1.55. The van der Waals surface area contributed by atoms with E-state index in [0.717, 1.165) is 17.8 Å². The van der Waals surface area contributed by atoms with Gasteiger partial charge in [0.25, 0.3) is 0 Å². The molecule has 4 rings (SSSR count). The van der Waals surface area contributed by atoms with Crippen LogP contribution in [0.3, 0.4) is 0 Å². The molecule has 0 unspecified atom stereocenters. The second kappa shape index (κ2) is 4.20. The average Bonchev–Trinajstić information content (AvgIpc) is 2.84. The summed E-state index contributed by atoms with van der Waals surface area (Å²) >= 11 is 3.76. The molecule has 0 aliphatic carbocycles. The van der Waals surface area contributed by atoms with Gasteiger partial charge in [-0.3, -0.25) is 4.57 Å². The van der Waals surface area contributed by atoms with E-state index in [9.17, 15) is 0 Å². The number of nitrogens with zero attached hydrogens (tertiary/aromatic N) is 2. The van der Waals surface area contributed by atoms with E-state index in [4.69, 9.17) is 4.98 Å². The van der Waals surface area contributed by atoms with Gasteiger partial charge in [-0.15, -0.1) is 0 Å². The van der Waals surface area contributed by atoms with Gasteiger partial charge < -0.3 is 0 Å². The second-order valence-electron chi connectivity index (χ2n) is 6.15. The first-order valence-electron chi connectivity index (χ1n) is 7.36. The molecule has 21 heavy (non-hydrogen) atoms. The number of halogens is 1. The topological polar surface area (TPSA) is 17.8 Å². The van der Waals surface area contributed by atoms with Crippen LogP contribution < -0.4 is 0 Å². The third-order valence-electron chi connectivity index (χ3n) is 4.60. The molecule has 0 bridgehead atoms. The zero-order valence-electron chi connectivity index (χ0n) is 12.4. The van der Waals surface area contributed by atoms with Crippen molar-refractivity contribution < 1.29 is 0 Å². The Morgan fingerprint density at radius 3 is 2.67 bits per heavy atom. The molecule has 0 spiro atoms. The molecule has 3 aromatic rings. The van der Waals surface area contributed by atoms with E-state index >= 15 is 0 Å². The Labute approximate surface area is 132 Å². The van der Waals surface area contributed by atoms with Crippen molar-refractivity contribution in [2.24, 2.45) is 0 Å². The first kappa shape index (κ1) is 13.1. The predicted molar refractivity (Wildman–Crippen MR) is 90.3 cm³/mol. The van der Waals surface area contributed by atoms with Crippen LogP contribution in [-0.2, 0) is 11.8 Å². The molecule has 0 saturated heterocycles. The van der Waals surface area contributed by atoms with Crippen LogP contribution >= 0.6 is 15.9 Å². The van der Waals surface area contributed by atoms with E-state index in [-0.39, 0.29) is 5.41 Å². The van der Waals surface area contributed by atoms with Gasteiger partial charge in [-0.25, -0.2) is 4.98 Å². The third-order valence-corrected chi connectivity index (χ3v) is 5.26. The summed E-state index contributed by atoms with van der Waals surface area (Å²) in [5.74, 6) is 1.13. The van der Waals surface area contributed by atoms with Crippen LogP contribution in [-0.4, -0.2) is 9.55 Å². The quantitative estimate of drug-likeness (QED) is 0.610. The van der Waals surface area contributed by atoms with E-state index in [1.54, 1.807) is 0 Å². The highest BCUT2D eigenvalue weighted by Gasteiger charge is 2.36. The van der Waals surface area contributed by atoms with Gasteiger partial charge >= 0.3 is 0 Å². The Morgan fingerprint density at radius 2 is 1.90 bits per heavy atom. The van der Waals surface area contributed by atoms with Crippen LogP contribution in [0.2, 0.25) is 0 Å². The van der Waals surface area contributed by atoms with E-state index in [1.807, 2.05) is 0 Å². The molecule has 2 nitrogen and oxygen atoms in total. The van der Waals surface area contributed by atoms with Gasteiger partial charge in [0, 0.05) is 21.9 Å². The lowest BCUT2D eigenvalue weighted by atomic mass is 9.75. The predicted octanol–water partition coefficient (Wildman–Crippen LogP) is 4.99. The molecule has 3 heteroatoms. The zero-order chi connectivity index (χ0) is 14.8. The van der Waals surface area contributed by atoms with E-state index < -0.39 is 0 Å². The van der Waals surface area contributed by atoms with Crippen molar-refractivity contribution in [1.82, 2.24) is 9.55 Å². The Hall–Kier alpha value is -1.61. The molecular weight excluding hydrogens is 324 g/mol. The SMILES string of the molecule is CCc1nc2ccc(Br)c3c2n1-c1ccccc1C3(C)C. The molecule has 0 atom stereocenters. The molecule has 106 valence electrons. The second-order valence-corrected chi connectivity index (χ2v) is 7.00. The molecular formula is C18H17BrN2. The van der Waals surface area contributed by atoms with Crippen molar-refractivity contribution in [2.45, 2.75) is 32.6 Å². The number of aryl methyl sites for hydroxylation is 1. The summed E-state index contributed by atoms with van der Waals surface area (Å²) in [5.41, 5.74) is 6.28. The lowest BCUT2D eigenvalue weighted by Crippen LogP contribution is -2.27. The summed E-state index contributed by atoms with van der Waals surface area (Å²) in [6.45, 7) is 6.77. The maximum absolute atomic E-state index is 4.85. The minimum Gasteiger partial charge on any atom is -0.296 e. The molecule has 0 N–H and O–H groups in total. The highest BCUT2D eigenvalue weighted by atomic mass is 79.9. The number of fused-ring (bicyclic) bond motifs is 2. The van der Waals surface area contributed by atoms with Crippen LogP contribution in [0.5, 0.6) is 0 Å². The average molecular weight is 341 g/mol. The molecule has 0 fully saturated rings. The fourth-order valence-electron chi connectivity index (χ4n) is 3.61. The van der Waals surface area contributed by atoms with Crippen LogP contribution in [0.1, 0.15) is 37.7 Å². The van der Waals surface area contributed by atoms with Gasteiger partial charge in [0.15, 0.2) is 0 Å². The van der Waals surface area contributed by atoms with Crippen molar-refractivity contribution in [3.05, 3.63) is 57.8 Å². The van der Waals surface area contributed by atoms with Gasteiger partial charge in [0.2, 0.25) is 0 Å². The van der Waals surface area contributed by atoms with Crippen molar-refractivity contribution in [2.75, 3.05) is 0 Å². The minimum absolute atomic E-state index is 0.0318. The van der Waals surface area contributed by atoms with Crippen LogP contribution in [0.25, 0.3) is 16.7 Å². The standard InChI is InChI=1S/C18H17BrN2/c1-4-15-20-13-10-9-12(19)16-17(13)21(15)14-8-6-5-7-11(14)18(16,2)3/h5-10H,4H2,1-3H3. The van der Waals surface area contributed by atoms with Gasteiger partial charge in [0.1, 0.15) is 5.82 Å². The van der Waals surface area contributed by atoms with Crippen molar-refractivity contribution >= 4 is 27.0 Å². The van der Waals surface area contributed by atoms with Crippen LogP contribution in [0.15, 0.2) is 40.9 Å². The summed E-state index contributed by atoms with van der Waals surface area (Å²) in [4.78, 5) is 4.85. The fraction of sp³-hybridized carbons (Fsp3) is 0.278. The summed E-state index contributed by atoms with van der Waals surface area (Å²) in [6, 6.07) is 12.9. The number of aromatic nitrogens is 2. The van der Waals surface area contributed by atoms with Crippen molar-refractivity contribution in [3.8, 4) is 5.69 Å². The summed E-state index contributed by atoms with van der Waals surface area (Å²) in [6.07, 6.45) is 0.931. The zero-order valence-corrected chi connectivity index (χ0v) is 14.0. The molecule has 0 radical (unpaired) electrons. The van der Waals surface area contributed by atoms with Crippen LogP contribution in [0.4, 0.5) is 0 Å². The fourth-order valence-corrected chi connectivity index (χ4v) is 4.43. The van der Waals surface area contributed by atoms with Gasteiger partial charge in [-0.1, -0.05) is 54.9 Å². The minimum atomic E-state index is -0.0318. The Kier molecular flexibility index (Phi) is 2.62. The lowest BCUT2D eigenvalue weighted by molar-refractivity contribution is 0.622. The van der Waals surface area contributed by atoms with Crippen molar-refractivity contribution in [1.29, 1.82) is 0 Å². The smallest absolute Gasteiger partial charge is 0.114 e. The van der Waals surface area contributed by atoms with Crippen LogP contribution in [0, 0.1) is 0 Å². The van der Waals surface area contributed by atoms with Crippen molar-refractivity contribution in [3.63, 3.8) is 0 Å². The molecule has 1 aliphatic rings. The molecule has 2 heterocycles. The maximum Gasteiger partial charge on any atom is 0.114 e. The largest absolute Gasteiger partial charge is 0.296 e. The molecule has 0 amide bonds. The molecule has 1 aromatic heterocycles. The van der Waals surface area contributed by atoms with Gasteiger partial charge in [0.05, 0.1) is 16.7 Å². The van der Waals surface area contributed by atoms with Gasteiger partial charge in [-0.05, 0) is 23.8 Å². The Bertz CT molecular complexity index is 874. The monoisotopic (exact) mass is 340 g/mol. The van der Waals surface area contributed by atoms with Gasteiger partial charge in [-0.2, -0.15) is 0 Å². The number of hydrogen-bond acceptors (Lipinski definition) is 1. The first-order chi connectivity index (χ1) is 10.1. The summed E-state index contributed by atoms with van der Waals surface area (Å²) in [7, 11) is 0. The normalized spacial score (nSPS) is 15.2. The summed E-state index contributed by atoms with van der Waals surface area (Å²) in [5, 5.41) is 0. The number of hydrogen-bond donors (Lipinski definition) is 0. The van der Waals surface area contributed by atoms with E-state index in [2.05, 4.69) is 77.7 Å². The van der Waals surface area contributed by atoms with E-state index in [1.165, 1.54) is 26.8 Å². The highest BCUT2D eigenvalue weighted by Crippen LogP contribution is 2.47. The number of para-hydroxylation sites is 1. The molecule has 0 saturated carbocycles. The highest BCUT2D eigenvalue weighted by molar-refractivity contribution is 9.10. The molecule has 2 aromatic carbocycles. The summed E-state index contributed by atoms with van der Waals surface area (Å²) < 4.78 is 3.51. The number of rotatable bonds is 1. The Morgan fingerprint density at radius 1 is 1.14 bits per heavy atom. The number of benzene rings is 2. The lowest BCUT2D eigenvalue weighted by Gasteiger charge is -2.35. The first-order valence-corrected chi connectivity index (χ1v) is 8.15. The molecule has 1 aliphatic heterocycles.